The number of aryl methyl sites for hydroxylation is 2. The summed E-state index contributed by atoms with van der Waals surface area (Å²) < 4.78 is 9.53. The Morgan fingerprint density at radius 3 is 2.83 bits per heavy atom. The topological polar surface area (TPSA) is 239 Å². The Balaban J connectivity index is 0.729. The first-order valence-corrected chi connectivity index (χ1v) is 25.7. The lowest BCUT2D eigenvalue weighted by molar-refractivity contribution is -0.142. The zero-order valence-corrected chi connectivity index (χ0v) is 41.5. The van der Waals surface area contributed by atoms with E-state index in [1.165, 1.54) is 11.3 Å². The van der Waals surface area contributed by atoms with Crippen LogP contribution in [0.4, 0.5) is 10.9 Å². The summed E-state index contributed by atoms with van der Waals surface area (Å²) in [7, 11) is 1.88. The van der Waals surface area contributed by atoms with Gasteiger partial charge in [-0.05, 0) is 114 Å². The number of aliphatic hydroxyl groups is 1. The van der Waals surface area contributed by atoms with Crippen LogP contribution in [0.5, 0.6) is 0 Å². The van der Waals surface area contributed by atoms with Crippen molar-refractivity contribution >= 4 is 45.0 Å². The van der Waals surface area contributed by atoms with Gasteiger partial charge in [0.25, 0.3) is 0 Å². The molecular formula is C50H63N15O4S. The van der Waals surface area contributed by atoms with E-state index < -0.39 is 23.6 Å². The molecule has 10 rings (SSSR count). The number of fused-ring (bicyclic) bond motifs is 3. The van der Waals surface area contributed by atoms with Crippen molar-refractivity contribution in [2.75, 3.05) is 43.4 Å². The average Bonchev–Trinajstić information content (AvgIpc) is 4.19. The highest BCUT2D eigenvalue weighted by atomic mass is 32.1. The Morgan fingerprint density at radius 2 is 2.00 bits per heavy atom. The van der Waals surface area contributed by atoms with Crippen molar-refractivity contribution in [1.29, 1.82) is 5.26 Å². The summed E-state index contributed by atoms with van der Waals surface area (Å²) in [6.45, 7) is 12.4. The number of nitrogens with zero attached hydrogens (tertiary/aromatic N) is 13. The van der Waals surface area contributed by atoms with Crippen LogP contribution in [0, 0.1) is 23.2 Å². The van der Waals surface area contributed by atoms with Crippen molar-refractivity contribution in [3.05, 3.63) is 75.5 Å². The van der Waals surface area contributed by atoms with Gasteiger partial charge in [-0.2, -0.15) is 15.3 Å². The lowest BCUT2D eigenvalue weighted by Crippen LogP contribution is -2.49. The van der Waals surface area contributed by atoms with E-state index in [0.717, 1.165) is 122 Å². The molecule has 2 aliphatic heterocycles. The quantitative estimate of drug-likeness (QED) is 0.136. The molecule has 5 aromatic heterocycles. The van der Waals surface area contributed by atoms with Gasteiger partial charge in [-0.15, -0.1) is 16.4 Å². The van der Waals surface area contributed by atoms with Crippen LogP contribution in [0.1, 0.15) is 118 Å². The van der Waals surface area contributed by atoms with Crippen LogP contribution in [0.15, 0.2) is 41.2 Å². The molecule has 2 fully saturated rings. The van der Waals surface area contributed by atoms with Gasteiger partial charge in [-0.25, -0.2) is 14.6 Å². The van der Waals surface area contributed by atoms with Crippen LogP contribution in [0.25, 0.3) is 22.4 Å². The third-order valence-electron chi connectivity index (χ3n) is 15.2. The van der Waals surface area contributed by atoms with E-state index in [1.807, 2.05) is 49.8 Å². The first-order valence-electron chi connectivity index (χ1n) is 24.9. The second kappa shape index (κ2) is 19.5. The van der Waals surface area contributed by atoms with Crippen LogP contribution in [0.3, 0.4) is 0 Å². The minimum Gasteiger partial charge on any atom is -0.391 e. The van der Waals surface area contributed by atoms with Gasteiger partial charge in [0.05, 0.1) is 40.2 Å². The molecule has 7 heterocycles. The lowest BCUT2D eigenvalue weighted by Gasteiger charge is -2.31. The number of β-amino-alcohol motifs (C(OH)–C–C–N with tert-alkyl or cyclic N) is 1. The summed E-state index contributed by atoms with van der Waals surface area (Å²) in [6.07, 6.45) is 11.3. The number of rotatable bonds is 13. The van der Waals surface area contributed by atoms with Gasteiger partial charge in [0, 0.05) is 67.7 Å². The molecule has 2 amide bonds. The predicted octanol–water partition coefficient (Wildman–Crippen LogP) is 5.12. The number of amides is 2. The number of likely N-dealkylation sites (tertiary alicyclic amines) is 1. The number of hydrogen-bond donors (Lipinski definition) is 3. The van der Waals surface area contributed by atoms with E-state index in [1.54, 1.807) is 22.0 Å². The maximum Gasteiger partial charge on any atom is 0.248 e. The molecule has 4 N–H and O–H groups in total. The molecule has 6 aromatic rings. The van der Waals surface area contributed by atoms with Crippen molar-refractivity contribution in [3.63, 3.8) is 0 Å². The number of nitrogens with two attached hydrogens (primary N) is 1. The van der Waals surface area contributed by atoms with Crippen LogP contribution in [0.2, 0.25) is 0 Å². The summed E-state index contributed by atoms with van der Waals surface area (Å²) in [5.41, 5.74) is 11.5. The van der Waals surface area contributed by atoms with Crippen molar-refractivity contribution in [2.24, 2.45) is 18.9 Å². The van der Waals surface area contributed by atoms with Crippen molar-refractivity contribution in [1.82, 2.24) is 60.0 Å². The second-order valence-corrected chi connectivity index (χ2v) is 21.6. The Bertz CT molecular complexity index is 2930. The maximum absolute atomic E-state index is 14.5. The molecule has 19 nitrogen and oxygen atoms in total. The normalized spacial score (nSPS) is 23.3. The molecule has 2 aliphatic carbocycles. The summed E-state index contributed by atoms with van der Waals surface area (Å²) in [5, 5.41) is 43.2. The predicted molar refractivity (Wildman–Crippen MR) is 263 cm³/mol. The number of carbonyl (C=O) groups is 2. The third-order valence-corrected chi connectivity index (χ3v) is 16.3. The Labute approximate surface area is 411 Å². The van der Waals surface area contributed by atoms with E-state index in [-0.39, 0.29) is 36.7 Å². The largest absolute Gasteiger partial charge is 0.391 e. The van der Waals surface area contributed by atoms with E-state index in [4.69, 9.17) is 25.2 Å². The maximum atomic E-state index is 14.5. The molecule has 368 valence electrons. The van der Waals surface area contributed by atoms with Crippen molar-refractivity contribution < 1.29 is 19.2 Å². The number of carbonyl (C=O) groups excluding carboxylic acids is 2. The SMILES string of the molecule is CC(C)[C@H](C(=O)N1C[C@H](O)C[C@H]1C(=O)NCc1ccc2cnn(C)c2c1)n1nnc2c1CC[C@@H](CCCN1CCCN(c3nccc(-c4noc([C@@]5(C)CCCc6sc(N)c(C#N)c65)n4)n3)[C@@H](C)C1)C2. The fourth-order valence-corrected chi connectivity index (χ4v) is 12.7. The number of nitrogens with one attached hydrogen (secondary N) is 1. The molecule has 0 saturated carbocycles. The molecule has 4 aliphatic rings. The number of hydrogen-bond acceptors (Lipinski definition) is 16. The number of aliphatic hydroxyl groups excluding tert-OH is 1. The van der Waals surface area contributed by atoms with E-state index in [0.29, 0.717) is 46.4 Å². The minimum absolute atomic E-state index is 0.0952. The molecule has 0 unspecified atom stereocenters. The highest BCUT2D eigenvalue weighted by molar-refractivity contribution is 7.16. The molecule has 0 radical (unpaired) electrons. The number of nitrogen functional groups attached to an aromatic ring is 1. The molecule has 1 aromatic carbocycles. The molecule has 70 heavy (non-hydrogen) atoms. The molecule has 6 atom stereocenters. The minimum atomic E-state index is -0.792. The van der Waals surface area contributed by atoms with Gasteiger partial charge >= 0.3 is 0 Å². The van der Waals surface area contributed by atoms with E-state index in [9.17, 15) is 20.0 Å². The van der Waals surface area contributed by atoms with Crippen LogP contribution < -0.4 is 16.0 Å². The first kappa shape index (κ1) is 47.4. The summed E-state index contributed by atoms with van der Waals surface area (Å²) in [4.78, 5) is 50.1. The molecule has 0 spiro atoms. The van der Waals surface area contributed by atoms with Crippen LogP contribution in [-0.2, 0) is 47.9 Å². The van der Waals surface area contributed by atoms with Gasteiger partial charge in [0.15, 0.2) is 0 Å². The Hall–Kier alpha value is -6.30. The standard InChI is InChI=1S/C50H63N15O4S/c1-29(2)43(47(68)64-28-34(66)23-40(64)46(67)54-25-32-11-13-33-26-55-61(5)39(33)22-32)65-38-14-12-31(21-37(38)58-60-65)9-7-18-62-19-8-20-63(30(3)27-62)49-53-17-15-36(56-49)45-57-48(69-59-45)50(4)16-6-10-41-42(50)35(24-51)44(52)70-41/h11,13,15,17,22,26,29-31,34,40,43,66H,6-10,12,14,16,18-21,23,25,27-28,52H2,1-5H3,(H,54,67)/t30-,31+,34+,40-,43+,50-/m0/s1. The van der Waals surface area contributed by atoms with Crippen molar-refractivity contribution in [3.8, 4) is 17.6 Å². The zero-order valence-electron chi connectivity index (χ0n) is 40.7. The van der Waals surface area contributed by atoms with Gasteiger partial charge in [0.1, 0.15) is 28.8 Å². The van der Waals surface area contributed by atoms with Gasteiger partial charge < -0.3 is 35.4 Å². The van der Waals surface area contributed by atoms with Gasteiger partial charge in [-0.1, -0.05) is 36.4 Å². The average molecular weight is 970 g/mol. The van der Waals surface area contributed by atoms with Crippen LogP contribution in [-0.4, -0.2) is 123 Å². The van der Waals surface area contributed by atoms with E-state index >= 15 is 0 Å². The highest BCUT2D eigenvalue weighted by Crippen LogP contribution is 2.48. The summed E-state index contributed by atoms with van der Waals surface area (Å²) in [5.74, 6) is 1.36. The van der Waals surface area contributed by atoms with Crippen molar-refractivity contribution in [2.45, 2.75) is 128 Å². The Kier molecular flexibility index (Phi) is 13.2. The lowest BCUT2D eigenvalue weighted by atomic mass is 9.72. The fourth-order valence-electron chi connectivity index (χ4n) is 11.5. The summed E-state index contributed by atoms with van der Waals surface area (Å²) >= 11 is 1.48. The smallest absolute Gasteiger partial charge is 0.248 e. The van der Waals surface area contributed by atoms with Crippen LogP contribution >= 0.6 is 11.3 Å². The highest BCUT2D eigenvalue weighted by Gasteiger charge is 2.45. The molecule has 2 saturated heterocycles. The van der Waals surface area contributed by atoms with E-state index in [2.05, 4.69) is 55.6 Å². The first-order chi connectivity index (χ1) is 33.8. The molecule has 20 heteroatoms. The monoisotopic (exact) mass is 969 g/mol. The fraction of sp³-hybridized carbons (Fsp3) is 0.560. The molecular weight excluding hydrogens is 907 g/mol. The Morgan fingerprint density at radius 1 is 1.14 bits per heavy atom. The number of benzene rings is 1. The number of anilines is 2. The van der Waals surface area contributed by atoms with Gasteiger partial charge in [0.2, 0.25) is 29.5 Å². The van der Waals surface area contributed by atoms with Gasteiger partial charge in [-0.3, -0.25) is 14.3 Å². The summed E-state index contributed by atoms with van der Waals surface area (Å²) in [6, 6.07) is 8.83. The number of thiophene rings is 1. The molecule has 0 bridgehead atoms. The second-order valence-electron chi connectivity index (χ2n) is 20.4. The number of nitriles is 1. The zero-order chi connectivity index (χ0) is 48.8. The number of aromatic nitrogens is 9. The third kappa shape index (κ3) is 9.03.